The maximum atomic E-state index is 10.7. The number of aromatic carboxylic acids is 1. The number of benzene rings is 1. The SMILES string of the molecule is O=C(O)c1cc(Br)c(I)cc1I. The molecule has 0 heterocycles. The maximum Gasteiger partial charge on any atom is 0.336 e. The van der Waals surface area contributed by atoms with Crippen molar-refractivity contribution in [3.8, 4) is 0 Å². The van der Waals surface area contributed by atoms with Gasteiger partial charge in [-0.05, 0) is 73.2 Å². The van der Waals surface area contributed by atoms with Crippen molar-refractivity contribution < 1.29 is 9.90 Å². The van der Waals surface area contributed by atoms with Gasteiger partial charge in [-0.15, -0.1) is 0 Å². The Hall–Kier alpha value is 0.630. The smallest absolute Gasteiger partial charge is 0.336 e. The van der Waals surface area contributed by atoms with Crippen molar-refractivity contribution in [1.82, 2.24) is 0 Å². The van der Waals surface area contributed by atoms with Gasteiger partial charge in [-0.3, -0.25) is 0 Å². The molecule has 0 aromatic heterocycles. The molecular weight excluding hydrogens is 450 g/mol. The first-order valence-electron chi connectivity index (χ1n) is 2.90. The van der Waals surface area contributed by atoms with Gasteiger partial charge >= 0.3 is 5.97 Å². The summed E-state index contributed by atoms with van der Waals surface area (Å²) in [6, 6.07) is 3.44. The summed E-state index contributed by atoms with van der Waals surface area (Å²) >= 11 is 7.43. The van der Waals surface area contributed by atoms with Gasteiger partial charge < -0.3 is 5.11 Å². The Morgan fingerprint density at radius 3 is 2.42 bits per heavy atom. The van der Waals surface area contributed by atoms with E-state index in [1.54, 1.807) is 6.07 Å². The predicted molar refractivity (Wildman–Crippen MR) is 66.5 cm³/mol. The van der Waals surface area contributed by atoms with E-state index in [1.807, 2.05) is 28.7 Å². The van der Waals surface area contributed by atoms with Crippen LogP contribution in [0.3, 0.4) is 0 Å². The number of rotatable bonds is 1. The van der Waals surface area contributed by atoms with Crippen molar-refractivity contribution in [3.63, 3.8) is 0 Å². The fourth-order valence-corrected chi connectivity index (χ4v) is 2.79. The molecule has 64 valence electrons. The Labute approximate surface area is 105 Å². The first-order chi connectivity index (χ1) is 5.52. The lowest BCUT2D eigenvalue weighted by atomic mass is 10.2. The summed E-state index contributed by atoms with van der Waals surface area (Å²) in [5.74, 6) is -0.892. The first kappa shape index (κ1) is 10.7. The van der Waals surface area contributed by atoms with Crippen LogP contribution in [0.1, 0.15) is 10.4 Å². The molecule has 0 aliphatic carbocycles. The van der Waals surface area contributed by atoms with Gasteiger partial charge in [0.25, 0.3) is 0 Å². The summed E-state index contributed by atoms with van der Waals surface area (Å²) in [6.07, 6.45) is 0. The lowest BCUT2D eigenvalue weighted by molar-refractivity contribution is 0.0695. The van der Waals surface area contributed by atoms with E-state index in [0.717, 1.165) is 11.6 Å². The van der Waals surface area contributed by atoms with E-state index in [2.05, 4.69) is 38.5 Å². The molecule has 12 heavy (non-hydrogen) atoms. The molecule has 0 fully saturated rings. The molecule has 0 bridgehead atoms. The van der Waals surface area contributed by atoms with Crippen molar-refractivity contribution in [2.45, 2.75) is 0 Å². The van der Waals surface area contributed by atoms with E-state index in [-0.39, 0.29) is 0 Å². The second-order valence-corrected chi connectivity index (χ2v) is 5.23. The van der Waals surface area contributed by atoms with E-state index in [9.17, 15) is 4.79 Å². The van der Waals surface area contributed by atoms with Crippen LogP contribution in [-0.2, 0) is 0 Å². The average molecular weight is 453 g/mol. The molecule has 1 N–H and O–H groups in total. The average Bonchev–Trinajstić information content (AvgIpc) is 1.96. The lowest BCUT2D eigenvalue weighted by Gasteiger charge is -2.01. The summed E-state index contributed by atoms with van der Waals surface area (Å²) in [4.78, 5) is 10.7. The van der Waals surface area contributed by atoms with Crippen LogP contribution in [0.15, 0.2) is 16.6 Å². The fourth-order valence-electron chi connectivity index (χ4n) is 0.686. The highest BCUT2D eigenvalue weighted by Gasteiger charge is 2.10. The minimum absolute atomic E-state index is 0.336. The van der Waals surface area contributed by atoms with Gasteiger partial charge in [0.2, 0.25) is 0 Å². The number of carboxylic acid groups (broad SMARTS) is 1. The van der Waals surface area contributed by atoms with Gasteiger partial charge in [0.1, 0.15) is 0 Å². The van der Waals surface area contributed by atoms with E-state index in [1.165, 1.54) is 0 Å². The van der Waals surface area contributed by atoms with Crippen LogP contribution >= 0.6 is 61.1 Å². The maximum absolute atomic E-state index is 10.7. The summed E-state index contributed by atoms with van der Waals surface area (Å²) in [6.45, 7) is 0. The molecule has 2 nitrogen and oxygen atoms in total. The molecule has 0 saturated carbocycles. The molecule has 1 aromatic rings. The Morgan fingerprint density at radius 2 is 1.92 bits per heavy atom. The Morgan fingerprint density at radius 1 is 1.33 bits per heavy atom. The van der Waals surface area contributed by atoms with Crippen LogP contribution in [0.2, 0.25) is 0 Å². The Bertz CT molecular complexity index is 338. The van der Waals surface area contributed by atoms with Crippen molar-refractivity contribution in [3.05, 3.63) is 29.3 Å². The third kappa shape index (κ3) is 2.32. The molecule has 0 unspecified atom stereocenters. The molecule has 0 aliphatic rings. The highest BCUT2D eigenvalue weighted by molar-refractivity contribution is 14.1. The molecule has 0 aliphatic heterocycles. The Balaban J connectivity index is 3.33. The minimum atomic E-state index is -0.892. The molecule has 1 rings (SSSR count). The quantitative estimate of drug-likeness (QED) is 0.524. The molecule has 0 radical (unpaired) electrons. The topological polar surface area (TPSA) is 37.3 Å². The highest BCUT2D eigenvalue weighted by Crippen LogP contribution is 2.24. The van der Waals surface area contributed by atoms with Crippen molar-refractivity contribution in [2.24, 2.45) is 0 Å². The standard InChI is InChI=1S/C7H3BrI2O2/c8-4-1-3(7(11)12)5(9)2-6(4)10/h1-2H,(H,11,12). The summed E-state index contributed by atoms with van der Waals surface area (Å²) in [7, 11) is 0. The highest BCUT2D eigenvalue weighted by atomic mass is 127. The van der Waals surface area contributed by atoms with Crippen LogP contribution in [0.5, 0.6) is 0 Å². The monoisotopic (exact) mass is 452 g/mol. The molecule has 1 aromatic carbocycles. The lowest BCUT2D eigenvalue weighted by Crippen LogP contribution is -2.00. The van der Waals surface area contributed by atoms with Crippen LogP contribution in [0.25, 0.3) is 0 Å². The summed E-state index contributed by atoms with van der Waals surface area (Å²) in [5.41, 5.74) is 0.336. The van der Waals surface area contributed by atoms with Gasteiger partial charge in [0.05, 0.1) is 5.56 Å². The number of halogens is 3. The molecule has 0 spiro atoms. The van der Waals surface area contributed by atoms with Crippen molar-refractivity contribution >= 4 is 67.1 Å². The molecule has 0 atom stereocenters. The number of carboxylic acids is 1. The van der Waals surface area contributed by atoms with Crippen LogP contribution in [0, 0.1) is 7.14 Å². The van der Waals surface area contributed by atoms with Crippen LogP contribution in [-0.4, -0.2) is 11.1 Å². The minimum Gasteiger partial charge on any atom is -0.478 e. The second kappa shape index (κ2) is 4.23. The zero-order chi connectivity index (χ0) is 9.30. The molecule has 0 amide bonds. The van der Waals surface area contributed by atoms with E-state index in [0.29, 0.717) is 5.56 Å². The number of hydrogen-bond acceptors (Lipinski definition) is 1. The number of carbonyl (C=O) groups is 1. The van der Waals surface area contributed by atoms with E-state index >= 15 is 0 Å². The van der Waals surface area contributed by atoms with Gasteiger partial charge in [0, 0.05) is 11.6 Å². The van der Waals surface area contributed by atoms with Gasteiger partial charge in [-0.25, -0.2) is 4.79 Å². The van der Waals surface area contributed by atoms with Gasteiger partial charge in [0.15, 0.2) is 0 Å². The fraction of sp³-hybridized carbons (Fsp3) is 0. The predicted octanol–water partition coefficient (Wildman–Crippen LogP) is 3.36. The molecule has 5 heteroatoms. The normalized spacial score (nSPS) is 9.92. The summed E-state index contributed by atoms with van der Waals surface area (Å²) in [5, 5.41) is 8.75. The van der Waals surface area contributed by atoms with Crippen LogP contribution < -0.4 is 0 Å². The zero-order valence-corrected chi connectivity index (χ0v) is 11.5. The molecular formula is C7H3BrI2O2. The zero-order valence-electron chi connectivity index (χ0n) is 5.64. The van der Waals surface area contributed by atoms with Gasteiger partial charge in [-0.2, -0.15) is 0 Å². The van der Waals surface area contributed by atoms with Crippen LogP contribution in [0.4, 0.5) is 0 Å². The second-order valence-electron chi connectivity index (χ2n) is 2.05. The largest absolute Gasteiger partial charge is 0.478 e. The third-order valence-electron chi connectivity index (χ3n) is 1.24. The number of hydrogen-bond donors (Lipinski definition) is 1. The molecule has 0 saturated heterocycles. The van der Waals surface area contributed by atoms with Crippen molar-refractivity contribution in [1.29, 1.82) is 0 Å². The van der Waals surface area contributed by atoms with Crippen molar-refractivity contribution in [2.75, 3.05) is 0 Å². The third-order valence-corrected chi connectivity index (χ3v) is 4.42. The van der Waals surface area contributed by atoms with E-state index < -0.39 is 5.97 Å². The first-order valence-corrected chi connectivity index (χ1v) is 5.85. The van der Waals surface area contributed by atoms with Gasteiger partial charge in [-0.1, -0.05) is 0 Å². The summed E-state index contributed by atoms with van der Waals surface area (Å²) < 4.78 is 2.59. The van der Waals surface area contributed by atoms with E-state index in [4.69, 9.17) is 5.11 Å². The Kier molecular flexibility index (Phi) is 3.77.